The Bertz CT molecular complexity index is 540. The SMILES string of the molecule is CCOC(=O)Nc1ccc(NC(C)c2cncs2)cc1. The summed E-state index contributed by atoms with van der Waals surface area (Å²) in [5.41, 5.74) is 3.51. The monoisotopic (exact) mass is 291 g/mol. The first kappa shape index (κ1) is 14.3. The van der Waals surface area contributed by atoms with E-state index < -0.39 is 6.09 Å². The first-order chi connectivity index (χ1) is 9.69. The number of hydrogen-bond acceptors (Lipinski definition) is 5. The zero-order valence-electron chi connectivity index (χ0n) is 11.4. The Morgan fingerprint density at radius 3 is 2.65 bits per heavy atom. The molecule has 5 nitrogen and oxygen atoms in total. The van der Waals surface area contributed by atoms with Crippen molar-refractivity contribution in [2.45, 2.75) is 19.9 Å². The van der Waals surface area contributed by atoms with Gasteiger partial charge in [-0.15, -0.1) is 11.3 Å². The molecule has 0 aliphatic rings. The molecule has 0 spiro atoms. The maximum absolute atomic E-state index is 11.3. The summed E-state index contributed by atoms with van der Waals surface area (Å²) in [4.78, 5) is 16.5. The van der Waals surface area contributed by atoms with Gasteiger partial charge in [0.25, 0.3) is 0 Å². The highest BCUT2D eigenvalue weighted by molar-refractivity contribution is 7.09. The van der Waals surface area contributed by atoms with Crippen LogP contribution in [0.4, 0.5) is 16.2 Å². The molecule has 20 heavy (non-hydrogen) atoms. The van der Waals surface area contributed by atoms with Crippen molar-refractivity contribution in [1.82, 2.24) is 4.98 Å². The molecule has 0 bridgehead atoms. The summed E-state index contributed by atoms with van der Waals surface area (Å²) >= 11 is 1.62. The first-order valence-corrected chi connectivity index (χ1v) is 7.25. The van der Waals surface area contributed by atoms with E-state index in [9.17, 15) is 4.79 Å². The van der Waals surface area contributed by atoms with Crippen molar-refractivity contribution in [2.75, 3.05) is 17.2 Å². The molecular weight excluding hydrogens is 274 g/mol. The highest BCUT2D eigenvalue weighted by atomic mass is 32.1. The van der Waals surface area contributed by atoms with Crippen LogP contribution in [0.1, 0.15) is 24.8 Å². The predicted octanol–water partition coefficient (Wildman–Crippen LogP) is 3.88. The lowest BCUT2D eigenvalue weighted by Gasteiger charge is -2.13. The normalized spacial score (nSPS) is 11.7. The van der Waals surface area contributed by atoms with Crippen molar-refractivity contribution < 1.29 is 9.53 Å². The number of thiazole rings is 1. The van der Waals surface area contributed by atoms with E-state index in [1.807, 2.05) is 36.0 Å². The Kier molecular flexibility index (Phi) is 4.95. The zero-order valence-corrected chi connectivity index (χ0v) is 12.2. The van der Waals surface area contributed by atoms with Gasteiger partial charge in [0.05, 0.1) is 18.2 Å². The van der Waals surface area contributed by atoms with E-state index in [2.05, 4.69) is 22.5 Å². The van der Waals surface area contributed by atoms with Crippen LogP contribution < -0.4 is 10.6 Å². The average Bonchev–Trinajstić information content (AvgIpc) is 2.95. The highest BCUT2D eigenvalue weighted by Crippen LogP contribution is 2.22. The fourth-order valence-electron chi connectivity index (χ4n) is 1.70. The molecular formula is C14H17N3O2S. The number of hydrogen-bond donors (Lipinski definition) is 2. The van der Waals surface area contributed by atoms with Gasteiger partial charge in [-0.1, -0.05) is 0 Å². The van der Waals surface area contributed by atoms with Crippen molar-refractivity contribution in [3.63, 3.8) is 0 Å². The molecule has 1 aromatic carbocycles. The lowest BCUT2D eigenvalue weighted by Crippen LogP contribution is -2.13. The molecule has 1 heterocycles. The Morgan fingerprint density at radius 2 is 2.05 bits per heavy atom. The zero-order chi connectivity index (χ0) is 14.4. The number of benzene rings is 1. The molecule has 2 rings (SSSR count). The number of ether oxygens (including phenoxy) is 1. The van der Waals surface area contributed by atoms with Crippen molar-refractivity contribution in [3.05, 3.63) is 40.8 Å². The third kappa shape index (κ3) is 3.96. The highest BCUT2D eigenvalue weighted by Gasteiger charge is 2.07. The number of rotatable bonds is 5. The van der Waals surface area contributed by atoms with Crippen LogP contribution in [-0.2, 0) is 4.74 Å². The lowest BCUT2D eigenvalue weighted by atomic mass is 10.2. The molecule has 2 N–H and O–H groups in total. The summed E-state index contributed by atoms with van der Waals surface area (Å²) in [7, 11) is 0. The van der Waals surface area contributed by atoms with E-state index in [4.69, 9.17) is 4.74 Å². The fraction of sp³-hybridized carbons (Fsp3) is 0.286. The summed E-state index contributed by atoms with van der Waals surface area (Å²) in [6, 6.07) is 7.70. The van der Waals surface area contributed by atoms with Crippen LogP contribution in [0.5, 0.6) is 0 Å². The third-order valence-electron chi connectivity index (χ3n) is 2.67. The summed E-state index contributed by atoms with van der Waals surface area (Å²) in [6.07, 6.45) is 1.42. The molecule has 0 aliphatic heterocycles. The number of anilines is 2. The second kappa shape index (κ2) is 6.91. The quantitative estimate of drug-likeness (QED) is 0.877. The molecule has 0 fully saturated rings. The summed E-state index contributed by atoms with van der Waals surface area (Å²) in [5, 5.41) is 6.03. The number of carbonyl (C=O) groups excluding carboxylic acids is 1. The van der Waals surface area contributed by atoms with Crippen LogP contribution in [0.15, 0.2) is 36.0 Å². The van der Waals surface area contributed by atoms with Gasteiger partial charge in [-0.2, -0.15) is 0 Å². The molecule has 2 aromatic rings. The predicted molar refractivity (Wildman–Crippen MR) is 81.2 cm³/mol. The number of nitrogens with zero attached hydrogens (tertiary/aromatic N) is 1. The standard InChI is InChI=1S/C14H17N3O2S/c1-3-19-14(18)17-12-6-4-11(5-7-12)16-10(2)13-8-15-9-20-13/h4-10,16H,3H2,1-2H3,(H,17,18). The number of aromatic nitrogens is 1. The van der Waals surface area contributed by atoms with Crippen molar-refractivity contribution in [3.8, 4) is 0 Å². The Morgan fingerprint density at radius 1 is 1.35 bits per heavy atom. The van der Waals surface area contributed by atoms with Crippen LogP contribution in [0.3, 0.4) is 0 Å². The van der Waals surface area contributed by atoms with Gasteiger partial charge >= 0.3 is 6.09 Å². The fourth-order valence-corrected chi connectivity index (χ4v) is 2.32. The number of amides is 1. The maximum Gasteiger partial charge on any atom is 0.411 e. The van der Waals surface area contributed by atoms with Gasteiger partial charge in [-0.05, 0) is 38.1 Å². The summed E-state index contributed by atoms with van der Waals surface area (Å²) in [5.74, 6) is 0. The molecule has 1 unspecified atom stereocenters. The first-order valence-electron chi connectivity index (χ1n) is 6.37. The molecule has 0 radical (unpaired) electrons. The van der Waals surface area contributed by atoms with Gasteiger partial charge in [-0.3, -0.25) is 10.3 Å². The van der Waals surface area contributed by atoms with Gasteiger partial charge in [-0.25, -0.2) is 4.79 Å². The smallest absolute Gasteiger partial charge is 0.411 e. The van der Waals surface area contributed by atoms with Crippen LogP contribution in [-0.4, -0.2) is 17.7 Å². The molecule has 0 saturated heterocycles. The Labute approximate surface area is 122 Å². The van der Waals surface area contributed by atoms with Crippen LogP contribution in [0.2, 0.25) is 0 Å². The molecule has 1 atom stereocenters. The Balaban J connectivity index is 1.93. The molecule has 0 saturated carbocycles. The van der Waals surface area contributed by atoms with E-state index in [1.165, 1.54) is 4.88 Å². The number of carbonyl (C=O) groups is 1. The summed E-state index contributed by atoms with van der Waals surface area (Å²) < 4.78 is 4.82. The largest absolute Gasteiger partial charge is 0.450 e. The van der Waals surface area contributed by atoms with E-state index in [1.54, 1.807) is 18.3 Å². The summed E-state index contributed by atoms with van der Waals surface area (Å²) in [6.45, 7) is 4.21. The Hall–Kier alpha value is -2.08. The van der Waals surface area contributed by atoms with Crippen LogP contribution in [0, 0.1) is 0 Å². The van der Waals surface area contributed by atoms with Crippen molar-refractivity contribution in [2.24, 2.45) is 0 Å². The minimum absolute atomic E-state index is 0.200. The van der Waals surface area contributed by atoms with Gasteiger partial charge < -0.3 is 10.1 Å². The second-order valence-electron chi connectivity index (χ2n) is 4.19. The van der Waals surface area contributed by atoms with E-state index >= 15 is 0 Å². The molecule has 0 aliphatic carbocycles. The molecule has 6 heteroatoms. The van der Waals surface area contributed by atoms with Gasteiger partial charge in [0.15, 0.2) is 0 Å². The second-order valence-corrected chi connectivity index (χ2v) is 5.11. The van der Waals surface area contributed by atoms with Crippen LogP contribution >= 0.6 is 11.3 Å². The average molecular weight is 291 g/mol. The van der Waals surface area contributed by atoms with Gasteiger partial charge in [0.1, 0.15) is 0 Å². The van der Waals surface area contributed by atoms with Gasteiger partial charge in [0, 0.05) is 22.4 Å². The van der Waals surface area contributed by atoms with E-state index in [0.29, 0.717) is 12.3 Å². The van der Waals surface area contributed by atoms with E-state index in [0.717, 1.165) is 5.69 Å². The lowest BCUT2D eigenvalue weighted by molar-refractivity contribution is 0.168. The molecule has 1 amide bonds. The van der Waals surface area contributed by atoms with Gasteiger partial charge in [0.2, 0.25) is 0 Å². The minimum atomic E-state index is -0.439. The van der Waals surface area contributed by atoms with Crippen molar-refractivity contribution in [1.29, 1.82) is 0 Å². The van der Waals surface area contributed by atoms with Crippen molar-refractivity contribution >= 4 is 28.8 Å². The molecule has 1 aromatic heterocycles. The molecule has 106 valence electrons. The number of nitrogens with one attached hydrogen (secondary N) is 2. The topological polar surface area (TPSA) is 63.2 Å². The maximum atomic E-state index is 11.3. The third-order valence-corrected chi connectivity index (χ3v) is 3.63. The van der Waals surface area contributed by atoms with E-state index in [-0.39, 0.29) is 6.04 Å². The minimum Gasteiger partial charge on any atom is -0.450 e. The van der Waals surface area contributed by atoms with Crippen LogP contribution in [0.25, 0.3) is 0 Å².